The predicted octanol–water partition coefficient (Wildman–Crippen LogP) is 1.74. The molecule has 0 bridgehead atoms. The Balaban J connectivity index is 2.34. The average molecular weight is 239 g/mol. The van der Waals surface area contributed by atoms with Crippen molar-refractivity contribution in [1.29, 1.82) is 5.26 Å². The van der Waals surface area contributed by atoms with Crippen LogP contribution in [-0.2, 0) is 9.47 Å². The van der Waals surface area contributed by atoms with Crippen LogP contribution in [0.4, 0.5) is 4.39 Å². The molecule has 1 aromatic rings. The Bertz CT molecular complexity index is 390. The fraction of sp³-hybridized carbons (Fsp3) is 0.417. The molecule has 0 aliphatic carbocycles. The minimum atomic E-state index is -0.453. The molecule has 1 aromatic carbocycles. The Hall–Kier alpha value is -1.64. The first kappa shape index (κ1) is 13.4. The molecule has 0 fully saturated rings. The van der Waals surface area contributed by atoms with Crippen LogP contribution in [0, 0.1) is 17.1 Å². The summed E-state index contributed by atoms with van der Waals surface area (Å²) < 4.78 is 28.1. The lowest BCUT2D eigenvalue weighted by Crippen LogP contribution is -2.10. The highest BCUT2D eigenvalue weighted by atomic mass is 19.1. The summed E-state index contributed by atoms with van der Waals surface area (Å²) in [6, 6.07) is 5.70. The number of nitrogens with zero attached hydrogens (tertiary/aromatic N) is 1. The highest BCUT2D eigenvalue weighted by molar-refractivity contribution is 5.42. The number of hydrogen-bond acceptors (Lipinski definition) is 4. The molecule has 0 radical (unpaired) electrons. The maximum atomic E-state index is 12.8. The zero-order valence-corrected chi connectivity index (χ0v) is 9.61. The molecule has 17 heavy (non-hydrogen) atoms. The molecule has 5 heteroatoms. The maximum absolute atomic E-state index is 12.8. The van der Waals surface area contributed by atoms with Crippen LogP contribution in [0.5, 0.6) is 5.75 Å². The zero-order chi connectivity index (χ0) is 12.5. The fourth-order valence-electron chi connectivity index (χ4n) is 1.17. The molecule has 0 spiro atoms. The van der Waals surface area contributed by atoms with E-state index in [1.54, 1.807) is 7.11 Å². The second-order valence-corrected chi connectivity index (χ2v) is 3.21. The van der Waals surface area contributed by atoms with Crippen LogP contribution in [0.25, 0.3) is 0 Å². The Morgan fingerprint density at radius 1 is 1.24 bits per heavy atom. The van der Waals surface area contributed by atoms with Crippen LogP contribution >= 0.6 is 0 Å². The van der Waals surface area contributed by atoms with Gasteiger partial charge in [0.05, 0.1) is 25.4 Å². The van der Waals surface area contributed by atoms with Gasteiger partial charge in [-0.3, -0.25) is 0 Å². The molecule has 92 valence electrons. The lowest BCUT2D eigenvalue weighted by Gasteiger charge is -2.08. The molecule has 0 amide bonds. The number of methoxy groups -OCH3 is 1. The van der Waals surface area contributed by atoms with Crippen LogP contribution in [0.3, 0.4) is 0 Å². The molecular formula is C12H14FNO3. The van der Waals surface area contributed by atoms with Gasteiger partial charge in [-0.15, -0.1) is 0 Å². The lowest BCUT2D eigenvalue weighted by atomic mass is 10.2. The van der Waals surface area contributed by atoms with E-state index in [2.05, 4.69) is 0 Å². The largest absolute Gasteiger partial charge is 0.490 e. The molecule has 0 N–H and O–H groups in total. The Morgan fingerprint density at radius 2 is 2.00 bits per heavy atom. The van der Waals surface area contributed by atoms with E-state index in [-0.39, 0.29) is 5.56 Å². The van der Waals surface area contributed by atoms with Gasteiger partial charge in [0.2, 0.25) is 0 Å². The van der Waals surface area contributed by atoms with E-state index >= 15 is 0 Å². The monoisotopic (exact) mass is 239 g/mol. The first-order valence-electron chi connectivity index (χ1n) is 5.17. The summed E-state index contributed by atoms with van der Waals surface area (Å²) in [6.07, 6.45) is 0. The topological polar surface area (TPSA) is 51.5 Å². The Morgan fingerprint density at radius 3 is 2.71 bits per heavy atom. The van der Waals surface area contributed by atoms with Crippen LogP contribution in [0.2, 0.25) is 0 Å². The molecule has 0 aliphatic rings. The predicted molar refractivity (Wildman–Crippen MR) is 59.3 cm³/mol. The number of ether oxygens (including phenoxy) is 3. The van der Waals surface area contributed by atoms with E-state index in [0.717, 1.165) is 6.07 Å². The van der Waals surface area contributed by atoms with Crippen LogP contribution in [0.1, 0.15) is 5.56 Å². The third kappa shape index (κ3) is 4.81. The molecule has 0 aromatic heterocycles. The van der Waals surface area contributed by atoms with E-state index in [9.17, 15) is 4.39 Å². The van der Waals surface area contributed by atoms with Gasteiger partial charge in [0.1, 0.15) is 24.2 Å². The number of halogens is 1. The molecular weight excluding hydrogens is 225 g/mol. The van der Waals surface area contributed by atoms with E-state index in [4.69, 9.17) is 19.5 Å². The maximum Gasteiger partial charge on any atom is 0.137 e. The second kappa shape index (κ2) is 7.60. The van der Waals surface area contributed by atoms with Gasteiger partial charge in [0, 0.05) is 7.11 Å². The van der Waals surface area contributed by atoms with E-state index in [0.29, 0.717) is 32.2 Å². The average Bonchev–Trinajstić information content (AvgIpc) is 2.35. The van der Waals surface area contributed by atoms with Crippen molar-refractivity contribution in [2.45, 2.75) is 0 Å². The normalized spacial score (nSPS) is 9.94. The molecule has 0 saturated carbocycles. The van der Waals surface area contributed by atoms with Gasteiger partial charge in [-0.25, -0.2) is 4.39 Å². The third-order valence-corrected chi connectivity index (χ3v) is 1.98. The number of benzene rings is 1. The minimum Gasteiger partial charge on any atom is -0.490 e. The summed E-state index contributed by atoms with van der Waals surface area (Å²) in [5, 5.41) is 8.77. The van der Waals surface area contributed by atoms with Crippen molar-refractivity contribution >= 4 is 0 Å². The van der Waals surface area contributed by atoms with Gasteiger partial charge in [0.25, 0.3) is 0 Å². The first-order chi connectivity index (χ1) is 8.27. The third-order valence-electron chi connectivity index (χ3n) is 1.98. The van der Waals surface area contributed by atoms with Crippen molar-refractivity contribution < 1.29 is 18.6 Å². The molecule has 0 heterocycles. The van der Waals surface area contributed by atoms with Gasteiger partial charge in [-0.05, 0) is 18.2 Å². The molecule has 0 unspecified atom stereocenters. The van der Waals surface area contributed by atoms with Gasteiger partial charge < -0.3 is 14.2 Å². The highest BCUT2D eigenvalue weighted by Gasteiger charge is 2.04. The van der Waals surface area contributed by atoms with Crippen LogP contribution < -0.4 is 4.74 Å². The summed E-state index contributed by atoms with van der Waals surface area (Å²) in [4.78, 5) is 0. The summed E-state index contributed by atoms with van der Waals surface area (Å²) in [7, 11) is 1.59. The first-order valence-corrected chi connectivity index (χ1v) is 5.17. The Labute approximate surface area is 99.5 Å². The SMILES string of the molecule is COCCOCCOc1ccc(F)cc1C#N. The van der Waals surface area contributed by atoms with Gasteiger partial charge >= 0.3 is 0 Å². The van der Waals surface area contributed by atoms with Gasteiger partial charge in [-0.1, -0.05) is 0 Å². The molecule has 0 aliphatic heterocycles. The van der Waals surface area contributed by atoms with Gasteiger partial charge in [-0.2, -0.15) is 5.26 Å². The van der Waals surface area contributed by atoms with Crippen LogP contribution in [-0.4, -0.2) is 33.5 Å². The quantitative estimate of drug-likeness (QED) is 0.680. The summed E-state index contributed by atoms with van der Waals surface area (Å²) in [5.74, 6) is -0.0884. The summed E-state index contributed by atoms with van der Waals surface area (Å²) in [5.41, 5.74) is 0.182. The van der Waals surface area contributed by atoms with Crippen molar-refractivity contribution in [1.82, 2.24) is 0 Å². The van der Waals surface area contributed by atoms with E-state index in [1.807, 2.05) is 6.07 Å². The van der Waals surface area contributed by atoms with Crippen molar-refractivity contribution in [2.75, 3.05) is 33.5 Å². The van der Waals surface area contributed by atoms with Crippen molar-refractivity contribution in [3.8, 4) is 11.8 Å². The molecule has 4 nitrogen and oxygen atoms in total. The standard InChI is InChI=1S/C12H14FNO3/c1-15-4-5-16-6-7-17-12-3-2-11(13)8-10(12)9-14/h2-3,8H,4-7H2,1H3. The zero-order valence-electron chi connectivity index (χ0n) is 9.61. The van der Waals surface area contributed by atoms with Crippen molar-refractivity contribution in [3.05, 3.63) is 29.6 Å². The lowest BCUT2D eigenvalue weighted by molar-refractivity contribution is 0.0544. The van der Waals surface area contributed by atoms with Crippen LogP contribution in [0.15, 0.2) is 18.2 Å². The van der Waals surface area contributed by atoms with E-state index < -0.39 is 5.82 Å². The van der Waals surface area contributed by atoms with Gasteiger partial charge in [0.15, 0.2) is 0 Å². The molecule has 1 rings (SSSR count). The number of hydrogen-bond donors (Lipinski definition) is 0. The second-order valence-electron chi connectivity index (χ2n) is 3.21. The summed E-state index contributed by atoms with van der Waals surface area (Å²) in [6.45, 7) is 1.73. The van der Waals surface area contributed by atoms with Crippen molar-refractivity contribution in [3.63, 3.8) is 0 Å². The highest BCUT2D eigenvalue weighted by Crippen LogP contribution is 2.18. The number of nitriles is 1. The van der Waals surface area contributed by atoms with Crippen molar-refractivity contribution in [2.24, 2.45) is 0 Å². The molecule has 0 saturated heterocycles. The smallest absolute Gasteiger partial charge is 0.137 e. The van der Waals surface area contributed by atoms with E-state index in [1.165, 1.54) is 12.1 Å². The minimum absolute atomic E-state index is 0.182. The fourth-order valence-corrected chi connectivity index (χ4v) is 1.17. The molecule has 0 atom stereocenters. The Kier molecular flexibility index (Phi) is 6.00. The number of rotatable bonds is 7. The summed E-state index contributed by atoms with van der Waals surface area (Å²) >= 11 is 0.